The highest BCUT2D eigenvalue weighted by Gasteiger charge is 2.31. The van der Waals surface area contributed by atoms with Crippen molar-refractivity contribution in [3.8, 4) is 39.8 Å². The Balaban J connectivity index is 1.96. The Morgan fingerprint density at radius 1 is 0.571 bits per heavy atom. The molecule has 5 rings (SSSR count). The van der Waals surface area contributed by atoms with Crippen LogP contribution in [0.3, 0.4) is 0 Å². The molecule has 7 nitrogen and oxygen atoms in total. The third kappa shape index (κ3) is 3.15. The van der Waals surface area contributed by atoms with Crippen LogP contribution in [0, 0.1) is 20.8 Å². The number of phenols is 4. The number of aromatic hydroxyl groups is 4. The van der Waals surface area contributed by atoms with Gasteiger partial charge in [-0.25, -0.2) is 0 Å². The third-order valence-electron chi connectivity index (χ3n) is 6.82. The molecule has 4 aromatic carbocycles. The van der Waals surface area contributed by atoms with Gasteiger partial charge in [-0.1, -0.05) is 42.5 Å². The summed E-state index contributed by atoms with van der Waals surface area (Å²) in [5.41, 5.74) is 3.87. The molecule has 0 spiro atoms. The molecule has 1 aromatic heterocycles. The number of phenolic OH excluding ortho intramolecular Hbond substituents is 4. The van der Waals surface area contributed by atoms with Gasteiger partial charge in [-0.15, -0.1) is 0 Å². The molecular weight excluding hydrogens is 445 g/mol. The first-order valence-electron chi connectivity index (χ1n) is 11.1. The van der Waals surface area contributed by atoms with Crippen LogP contribution in [0.15, 0.2) is 54.6 Å². The molecule has 0 bridgehead atoms. The standard InChI is InChI=1S/C27H24BNO6/c1-13-19-20-23(25(31)15(3)26(32)27(20)33)29(22(19)24(30)14(2)21(13)28(34)35)18-11-9-17(10-12-18)16-7-5-4-6-8-16/h4-12,30-35H,1-3H3. The number of hydrogen-bond donors (Lipinski definition) is 6. The highest BCUT2D eigenvalue weighted by molar-refractivity contribution is 6.60. The van der Waals surface area contributed by atoms with Gasteiger partial charge in [0, 0.05) is 16.6 Å². The Kier molecular flexibility index (Phi) is 5.16. The van der Waals surface area contributed by atoms with Crippen LogP contribution in [-0.4, -0.2) is 42.2 Å². The van der Waals surface area contributed by atoms with Crippen LogP contribution in [-0.2, 0) is 0 Å². The first-order chi connectivity index (χ1) is 16.6. The van der Waals surface area contributed by atoms with Crippen molar-refractivity contribution < 1.29 is 30.5 Å². The Bertz CT molecular complexity index is 1620. The predicted molar refractivity (Wildman–Crippen MR) is 137 cm³/mol. The fraction of sp³-hybridized carbons (Fsp3) is 0.111. The van der Waals surface area contributed by atoms with E-state index in [0.717, 1.165) is 11.1 Å². The Morgan fingerprint density at radius 2 is 1.11 bits per heavy atom. The maximum absolute atomic E-state index is 11.2. The van der Waals surface area contributed by atoms with Crippen LogP contribution in [0.2, 0.25) is 0 Å². The van der Waals surface area contributed by atoms with Gasteiger partial charge in [0.2, 0.25) is 0 Å². The number of aryl methyl sites for hydroxylation is 1. The molecule has 0 unspecified atom stereocenters. The van der Waals surface area contributed by atoms with Crippen LogP contribution < -0.4 is 5.46 Å². The van der Waals surface area contributed by atoms with Crippen LogP contribution >= 0.6 is 0 Å². The van der Waals surface area contributed by atoms with Crippen molar-refractivity contribution in [1.29, 1.82) is 0 Å². The first kappa shape index (κ1) is 22.6. The largest absolute Gasteiger partial charge is 0.505 e. The average molecular weight is 469 g/mol. The summed E-state index contributed by atoms with van der Waals surface area (Å²) in [7, 11) is -1.87. The van der Waals surface area contributed by atoms with Crippen LogP contribution in [0.4, 0.5) is 0 Å². The maximum Gasteiger partial charge on any atom is 0.489 e. The van der Waals surface area contributed by atoms with E-state index in [9.17, 15) is 30.5 Å². The van der Waals surface area contributed by atoms with Gasteiger partial charge in [0.05, 0.1) is 10.9 Å². The van der Waals surface area contributed by atoms with Gasteiger partial charge in [0.25, 0.3) is 0 Å². The van der Waals surface area contributed by atoms with E-state index in [1.165, 1.54) is 6.92 Å². The zero-order valence-corrected chi connectivity index (χ0v) is 19.4. The summed E-state index contributed by atoms with van der Waals surface area (Å²) in [5.74, 6) is -1.45. The second-order valence-corrected chi connectivity index (χ2v) is 8.75. The monoisotopic (exact) mass is 469 g/mol. The lowest BCUT2D eigenvalue weighted by atomic mass is 9.73. The van der Waals surface area contributed by atoms with E-state index in [-0.39, 0.29) is 44.5 Å². The molecule has 0 aliphatic heterocycles. The van der Waals surface area contributed by atoms with Gasteiger partial charge in [0.15, 0.2) is 11.5 Å². The summed E-state index contributed by atoms with van der Waals surface area (Å²) in [6, 6.07) is 17.3. The zero-order valence-electron chi connectivity index (χ0n) is 19.4. The topological polar surface area (TPSA) is 126 Å². The van der Waals surface area contributed by atoms with Crippen LogP contribution in [0.1, 0.15) is 16.7 Å². The molecular formula is C27H24BNO6. The SMILES string of the molecule is Cc1c(B(O)O)c(C)c2c3c(O)c(O)c(C)c(O)c3n(-c3ccc(-c4ccccc4)cc3)c2c1O. The van der Waals surface area contributed by atoms with E-state index in [1.54, 1.807) is 18.4 Å². The molecule has 0 amide bonds. The van der Waals surface area contributed by atoms with Gasteiger partial charge in [-0.05, 0) is 60.6 Å². The Hall–Kier alpha value is -4.14. The molecule has 1 heterocycles. The normalized spacial score (nSPS) is 11.5. The summed E-state index contributed by atoms with van der Waals surface area (Å²) >= 11 is 0. The van der Waals surface area contributed by atoms with E-state index < -0.39 is 18.6 Å². The molecule has 0 aliphatic carbocycles. The maximum atomic E-state index is 11.2. The van der Waals surface area contributed by atoms with Gasteiger partial charge >= 0.3 is 7.12 Å². The smallest absolute Gasteiger partial charge is 0.489 e. The minimum Gasteiger partial charge on any atom is -0.505 e. The summed E-state index contributed by atoms with van der Waals surface area (Å²) < 4.78 is 1.61. The quantitative estimate of drug-likeness (QED) is 0.135. The molecule has 8 heteroatoms. The molecule has 5 aromatic rings. The number of rotatable bonds is 3. The first-order valence-corrected chi connectivity index (χ1v) is 11.1. The molecule has 0 aliphatic rings. The summed E-state index contributed by atoms with van der Waals surface area (Å²) in [6.45, 7) is 4.68. The van der Waals surface area contributed by atoms with E-state index in [2.05, 4.69) is 0 Å². The van der Waals surface area contributed by atoms with E-state index in [0.29, 0.717) is 16.6 Å². The number of nitrogens with zero attached hydrogens (tertiary/aromatic N) is 1. The number of hydrogen-bond acceptors (Lipinski definition) is 6. The molecule has 0 fully saturated rings. The molecule has 0 saturated carbocycles. The summed E-state index contributed by atoms with van der Waals surface area (Å²) in [6.07, 6.45) is 0. The van der Waals surface area contributed by atoms with Crippen molar-refractivity contribution in [1.82, 2.24) is 4.57 Å². The number of fused-ring (bicyclic) bond motifs is 3. The predicted octanol–water partition coefficient (Wildman–Crippen LogP) is 3.88. The third-order valence-corrected chi connectivity index (χ3v) is 6.82. The van der Waals surface area contributed by atoms with Crippen molar-refractivity contribution >= 4 is 34.4 Å². The average Bonchev–Trinajstić information content (AvgIpc) is 3.22. The van der Waals surface area contributed by atoms with Gasteiger partial charge in [-0.3, -0.25) is 0 Å². The van der Waals surface area contributed by atoms with Crippen molar-refractivity contribution in [2.45, 2.75) is 20.8 Å². The van der Waals surface area contributed by atoms with Crippen molar-refractivity contribution in [2.75, 3.05) is 0 Å². The van der Waals surface area contributed by atoms with Gasteiger partial charge < -0.3 is 35.0 Å². The lowest BCUT2D eigenvalue weighted by Gasteiger charge is -2.15. The van der Waals surface area contributed by atoms with Crippen LogP contribution in [0.25, 0.3) is 38.6 Å². The summed E-state index contributed by atoms with van der Waals surface area (Å²) in [4.78, 5) is 0. The minimum atomic E-state index is -1.87. The molecule has 0 radical (unpaired) electrons. The van der Waals surface area contributed by atoms with E-state index >= 15 is 0 Å². The molecule has 176 valence electrons. The molecule has 6 N–H and O–H groups in total. The molecule has 35 heavy (non-hydrogen) atoms. The highest BCUT2D eigenvalue weighted by Crippen LogP contribution is 2.51. The highest BCUT2D eigenvalue weighted by atomic mass is 16.4. The lowest BCUT2D eigenvalue weighted by Crippen LogP contribution is -2.34. The van der Waals surface area contributed by atoms with Crippen molar-refractivity contribution in [2.24, 2.45) is 0 Å². The minimum absolute atomic E-state index is 0.0799. The van der Waals surface area contributed by atoms with Gasteiger partial charge in [0.1, 0.15) is 17.0 Å². The molecule has 0 atom stereocenters. The Morgan fingerprint density at radius 3 is 1.71 bits per heavy atom. The Labute approximate surface area is 201 Å². The summed E-state index contributed by atoms with van der Waals surface area (Å²) in [5, 5.41) is 64.2. The number of aromatic nitrogens is 1. The van der Waals surface area contributed by atoms with E-state index in [1.807, 2.05) is 54.6 Å². The zero-order chi connectivity index (χ0) is 25.2. The van der Waals surface area contributed by atoms with Crippen LogP contribution in [0.5, 0.6) is 23.0 Å². The lowest BCUT2D eigenvalue weighted by molar-refractivity contribution is 0.398. The van der Waals surface area contributed by atoms with Crippen molar-refractivity contribution in [3.63, 3.8) is 0 Å². The second-order valence-electron chi connectivity index (χ2n) is 8.75. The van der Waals surface area contributed by atoms with Gasteiger partial charge in [-0.2, -0.15) is 0 Å². The number of benzene rings is 4. The fourth-order valence-electron chi connectivity index (χ4n) is 5.00. The van der Waals surface area contributed by atoms with Crippen molar-refractivity contribution in [3.05, 3.63) is 71.3 Å². The molecule has 0 saturated heterocycles. The fourth-order valence-corrected chi connectivity index (χ4v) is 5.00. The van der Waals surface area contributed by atoms with E-state index in [4.69, 9.17) is 0 Å². The second kappa shape index (κ2) is 7.97.